The van der Waals surface area contributed by atoms with Crippen molar-refractivity contribution in [1.82, 2.24) is 19.8 Å². The lowest BCUT2D eigenvalue weighted by Gasteiger charge is -2.32. The van der Waals surface area contributed by atoms with Crippen molar-refractivity contribution in [3.8, 4) is 6.07 Å². The average Bonchev–Trinajstić information content (AvgIpc) is 2.83. The van der Waals surface area contributed by atoms with Crippen LogP contribution >= 0.6 is 0 Å². The second kappa shape index (κ2) is 5.72. The number of hydrogen-bond donors (Lipinski definition) is 1. The monoisotopic (exact) mass is 261 g/mol. The third kappa shape index (κ3) is 3.55. The maximum atomic E-state index is 9.34. The molecule has 1 N–H and O–H groups in total. The molecule has 5 heteroatoms. The van der Waals surface area contributed by atoms with E-state index in [9.17, 15) is 5.26 Å². The Morgan fingerprint density at radius 3 is 3.00 bits per heavy atom. The van der Waals surface area contributed by atoms with Crippen LogP contribution in [0.3, 0.4) is 0 Å². The maximum Gasteiger partial charge on any atom is 0.122 e. The molecule has 0 aromatic carbocycles. The van der Waals surface area contributed by atoms with Crippen LogP contribution in [0.1, 0.15) is 33.0 Å². The zero-order valence-corrected chi connectivity index (χ0v) is 12.1. The summed E-state index contributed by atoms with van der Waals surface area (Å²) in [6.07, 6.45) is 4.73. The largest absolute Gasteiger partial charge is 0.333 e. The summed E-state index contributed by atoms with van der Waals surface area (Å²) in [5.74, 6) is 1.13. The molecule has 0 saturated heterocycles. The molecule has 1 aromatic rings. The van der Waals surface area contributed by atoms with Gasteiger partial charge in [0.25, 0.3) is 0 Å². The molecule has 1 aliphatic heterocycles. The van der Waals surface area contributed by atoms with E-state index in [1.54, 1.807) is 0 Å². The highest BCUT2D eigenvalue weighted by molar-refractivity contribution is 5.05. The number of nitrogens with zero attached hydrogens (tertiary/aromatic N) is 4. The molecule has 0 fully saturated rings. The molecule has 0 aliphatic carbocycles. The van der Waals surface area contributed by atoms with E-state index in [1.165, 1.54) is 0 Å². The highest BCUT2D eigenvalue weighted by Gasteiger charge is 2.26. The molecule has 2 heterocycles. The lowest BCUT2D eigenvalue weighted by molar-refractivity contribution is 0.196. The summed E-state index contributed by atoms with van der Waals surface area (Å²) in [4.78, 5) is 6.74. The van der Waals surface area contributed by atoms with Gasteiger partial charge in [-0.1, -0.05) is 0 Å². The molecule has 0 amide bonds. The average molecular weight is 261 g/mol. The Morgan fingerprint density at radius 1 is 1.53 bits per heavy atom. The highest BCUT2D eigenvalue weighted by atomic mass is 15.2. The molecule has 1 unspecified atom stereocenters. The van der Waals surface area contributed by atoms with Crippen LogP contribution in [0.4, 0.5) is 0 Å². The van der Waals surface area contributed by atoms with Gasteiger partial charge in [0.1, 0.15) is 11.4 Å². The summed E-state index contributed by atoms with van der Waals surface area (Å²) >= 11 is 0. The Kier molecular flexibility index (Phi) is 4.23. The SMILES string of the molecule is CC(C)NC(C)(C#N)CCN1CCn2ccnc2C1. The molecular weight excluding hydrogens is 238 g/mol. The maximum absolute atomic E-state index is 9.34. The van der Waals surface area contributed by atoms with E-state index in [0.717, 1.165) is 38.4 Å². The number of rotatable bonds is 5. The summed E-state index contributed by atoms with van der Waals surface area (Å²) < 4.78 is 2.20. The first-order valence-corrected chi connectivity index (χ1v) is 6.94. The summed E-state index contributed by atoms with van der Waals surface area (Å²) in [5, 5.41) is 12.7. The van der Waals surface area contributed by atoms with Gasteiger partial charge in [-0.05, 0) is 27.2 Å². The minimum atomic E-state index is -0.443. The third-order valence-corrected chi connectivity index (χ3v) is 3.61. The van der Waals surface area contributed by atoms with Crippen LogP contribution in [-0.2, 0) is 13.1 Å². The number of fused-ring (bicyclic) bond motifs is 1. The molecule has 2 rings (SSSR count). The standard InChI is InChI=1S/C14H23N5/c1-12(2)17-14(3,11-15)4-6-18-8-9-19-7-5-16-13(19)10-18/h5,7,12,17H,4,6,8-10H2,1-3H3. The van der Waals surface area contributed by atoms with Gasteiger partial charge in [0, 0.05) is 38.1 Å². The molecule has 0 spiro atoms. The minimum Gasteiger partial charge on any atom is -0.333 e. The van der Waals surface area contributed by atoms with Crippen molar-refractivity contribution in [2.45, 2.75) is 51.9 Å². The van der Waals surface area contributed by atoms with Gasteiger partial charge >= 0.3 is 0 Å². The molecule has 1 aliphatic rings. The fourth-order valence-corrected chi connectivity index (χ4v) is 2.59. The second-order valence-electron chi connectivity index (χ2n) is 5.81. The minimum absolute atomic E-state index is 0.324. The predicted molar refractivity (Wildman–Crippen MR) is 74.4 cm³/mol. The zero-order chi connectivity index (χ0) is 13.9. The molecule has 0 bridgehead atoms. The quantitative estimate of drug-likeness (QED) is 0.869. The summed E-state index contributed by atoms with van der Waals surface area (Å²) in [6, 6.07) is 2.73. The number of nitriles is 1. The van der Waals surface area contributed by atoms with E-state index in [0.29, 0.717) is 6.04 Å². The first kappa shape index (κ1) is 14.0. The normalized spacial score (nSPS) is 18.9. The molecule has 104 valence electrons. The molecule has 5 nitrogen and oxygen atoms in total. The van der Waals surface area contributed by atoms with Crippen LogP contribution in [0.2, 0.25) is 0 Å². The first-order valence-electron chi connectivity index (χ1n) is 6.94. The van der Waals surface area contributed by atoms with Gasteiger partial charge < -0.3 is 4.57 Å². The second-order valence-corrected chi connectivity index (χ2v) is 5.81. The van der Waals surface area contributed by atoms with Gasteiger partial charge in [-0.15, -0.1) is 0 Å². The van der Waals surface area contributed by atoms with Crippen LogP contribution in [-0.4, -0.2) is 39.1 Å². The number of imidazole rings is 1. The number of hydrogen-bond acceptors (Lipinski definition) is 4. The zero-order valence-electron chi connectivity index (χ0n) is 12.1. The van der Waals surface area contributed by atoms with Gasteiger partial charge in [-0.3, -0.25) is 10.2 Å². The van der Waals surface area contributed by atoms with Crippen LogP contribution in [0, 0.1) is 11.3 Å². The van der Waals surface area contributed by atoms with Crippen molar-refractivity contribution in [1.29, 1.82) is 5.26 Å². The number of aromatic nitrogens is 2. The van der Waals surface area contributed by atoms with E-state index in [2.05, 4.69) is 39.7 Å². The van der Waals surface area contributed by atoms with E-state index < -0.39 is 5.54 Å². The molecule has 19 heavy (non-hydrogen) atoms. The fraction of sp³-hybridized carbons (Fsp3) is 0.714. The smallest absolute Gasteiger partial charge is 0.122 e. The van der Waals surface area contributed by atoms with E-state index in [1.807, 2.05) is 19.3 Å². The first-order chi connectivity index (χ1) is 9.02. The predicted octanol–water partition coefficient (Wildman–Crippen LogP) is 1.37. The summed E-state index contributed by atoms with van der Waals surface area (Å²) in [5.41, 5.74) is -0.443. The van der Waals surface area contributed by atoms with Crippen molar-refractivity contribution in [3.63, 3.8) is 0 Å². The van der Waals surface area contributed by atoms with Gasteiger partial charge in [0.2, 0.25) is 0 Å². The Hall–Kier alpha value is -1.38. The van der Waals surface area contributed by atoms with Gasteiger partial charge in [0.05, 0.1) is 12.6 Å². The Labute approximate surface area is 115 Å². The van der Waals surface area contributed by atoms with E-state index in [4.69, 9.17) is 0 Å². The topological polar surface area (TPSA) is 56.9 Å². The summed E-state index contributed by atoms with van der Waals surface area (Å²) in [7, 11) is 0. The van der Waals surface area contributed by atoms with Gasteiger partial charge in [0.15, 0.2) is 0 Å². The van der Waals surface area contributed by atoms with Crippen molar-refractivity contribution >= 4 is 0 Å². The molecule has 0 saturated carbocycles. The lowest BCUT2D eigenvalue weighted by Crippen LogP contribution is -2.47. The van der Waals surface area contributed by atoms with Crippen molar-refractivity contribution in [3.05, 3.63) is 18.2 Å². The van der Waals surface area contributed by atoms with Crippen LogP contribution < -0.4 is 5.32 Å². The summed E-state index contributed by atoms with van der Waals surface area (Å²) in [6.45, 7) is 9.98. The lowest BCUT2D eigenvalue weighted by atomic mass is 9.98. The Morgan fingerprint density at radius 2 is 2.32 bits per heavy atom. The van der Waals surface area contributed by atoms with E-state index >= 15 is 0 Å². The van der Waals surface area contributed by atoms with Crippen molar-refractivity contribution in [2.75, 3.05) is 13.1 Å². The molecule has 1 atom stereocenters. The Balaban J connectivity index is 1.88. The molecular formula is C14H23N5. The van der Waals surface area contributed by atoms with E-state index in [-0.39, 0.29) is 0 Å². The van der Waals surface area contributed by atoms with Crippen molar-refractivity contribution in [2.24, 2.45) is 0 Å². The van der Waals surface area contributed by atoms with Crippen LogP contribution in [0.5, 0.6) is 0 Å². The fourth-order valence-electron chi connectivity index (χ4n) is 2.59. The number of nitrogens with one attached hydrogen (secondary N) is 1. The third-order valence-electron chi connectivity index (χ3n) is 3.61. The van der Waals surface area contributed by atoms with Crippen molar-refractivity contribution < 1.29 is 0 Å². The van der Waals surface area contributed by atoms with Crippen LogP contribution in [0.15, 0.2) is 12.4 Å². The van der Waals surface area contributed by atoms with Crippen LogP contribution in [0.25, 0.3) is 0 Å². The molecule has 0 radical (unpaired) electrons. The van der Waals surface area contributed by atoms with Gasteiger partial charge in [-0.2, -0.15) is 5.26 Å². The molecule has 1 aromatic heterocycles. The Bertz CT molecular complexity index is 459. The van der Waals surface area contributed by atoms with Gasteiger partial charge in [-0.25, -0.2) is 4.98 Å². The highest BCUT2D eigenvalue weighted by Crippen LogP contribution is 2.15.